The third-order valence-electron chi connectivity index (χ3n) is 4.72. The van der Waals surface area contributed by atoms with Gasteiger partial charge in [0.1, 0.15) is 5.82 Å². The lowest BCUT2D eigenvalue weighted by atomic mass is 9.92. The average molecular weight is 413 g/mol. The molecule has 0 aliphatic rings. The lowest BCUT2D eigenvalue weighted by Crippen LogP contribution is -2.23. The molecule has 5 nitrogen and oxygen atoms in total. The van der Waals surface area contributed by atoms with Crippen LogP contribution in [0.25, 0.3) is 0 Å². The Balaban J connectivity index is 1.89. The average Bonchev–Trinajstić information content (AvgIpc) is 2.70. The fraction of sp³-hybridized carbons (Fsp3) is 0.375. The molecule has 0 radical (unpaired) electrons. The van der Waals surface area contributed by atoms with Crippen LogP contribution in [0, 0.1) is 5.82 Å². The van der Waals surface area contributed by atoms with Crippen LogP contribution < -0.4 is 5.32 Å². The number of anilines is 1. The van der Waals surface area contributed by atoms with Crippen LogP contribution in [0.15, 0.2) is 42.5 Å². The summed E-state index contributed by atoms with van der Waals surface area (Å²) in [5, 5.41) is 2.87. The molecule has 160 valence electrons. The van der Waals surface area contributed by atoms with E-state index in [1.807, 2.05) is 45.9 Å². The van der Waals surface area contributed by atoms with Gasteiger partial charge in [0, 0.05) is 17.7 Å². The van der Waals surface area contributed by atoms with E-state index < -0.39 is 24.3 Å². The molecule has 2 aromatic carbocycles. The van der Waals surface area contributed by atoms with Crippen molar-refractivity contribution in [3.8, 4) is 0 Å². The molecule has 6 heteroatoms. The first-order chi connectivity index (χ1) is 14.2. The molecule has 0 atom stereocenters. The number of halogens is 1. The molecule has 0 heterocycles. The van der Waals surface area contributed by atoms with Gasteiger partial charge >= 0.3 is 5.97 Å². The van der Waals surface area contributed by atoms with E-state index in [1.54, 1.807) is 0 Å². The van der Waals surface area contributed by atoms with E-state index >= 15 is 0 Å². The maximum atomic E-state index is 12.9. The Morgan fingerprint density at radius 1 is 0.900 bits per heavy atom. The Labute approximate surface area is 176 Å². The smallest absolute Gasteiger partial charge is 0.306 e. The number of ketones is 1. The summed E-state index contributed by atoms with van der Waals surface area (Å²) in [7, 11) is 0. The quantitative estimate of drug-likeness (QED) is 0.452. The maximum Gasteiger partial charge on any atom is 0.306 e. The number of carbonyl (C=O) groups is 3. The van der Waals surface area contributed by atoms with Gasteiger partial charge in [-0.25, -0.2) is 4.39 Å². The highest BCUT2D eigenvalue weighted by Crippen LogP contribution is 2.32. The summed E-state index contributed by atoms with van der Waals surface area (Å²) in [5.41, 5.74) is 3.13. The number of Topliss-reactive ketones (excluding diaryl/α,β-unsaturated/α-hetero) is 1. The number of hydrogen-bond acceptors (Lipinski definition) is 4. The Morgan fingerprint density at radius 2 is 1.47 bits per heavy atom. The van der Waals surface area contributed by atoms with Crippen molar-refractivity contribution in [2.24, 2.45) is 0 Å². The molecular weight excluding hydrogens is 385 g/mol. The van der Waals surface area contributed by atoms with Crippen molar-refractivity contribution >= 4 is 23.3 Å². The van der Waals surface area contributed by atoms with Gasteiger partial charge in [0.05, 0.1) is 6.42 Å². The second-order valence-electron chi connectivity index (χ2n) is 7.76. The first-order valence-corrected chi connectivity index (χ1v) is 10.1. The number of nitrogens with one attached hydrogen (secondary N) is 1. The third kappa shape index (κ3) is 6.51. The Bertz CT molecular complexity index is 878. The van der Waals surface area contributed by atoms with Crippen molar-refractivity contribution in [3.05, 3.63) is 65.0 Å². The van der Waals surface area contributed by atoms with Crippen molar-refractivity contribution in [1.29, 1.82) is 0 Å². The van der Waals surface area contributed by atoms with E-state index in [1.165, 1.54) is 24.3 Å². The molecule has 2 rings (SSSR count). The minimum atomic E-state index is -0.637. The number of benzene rings is 2. The predicted octanol–water partition coefficient (Wildman–Crippen LogP) is 5.22. The van der Waals surface area contributed by atoms with Crippen molar-refractivity contribution in [1.82, 2.24) is 0 Å². The van der Waals surface area contributed by atoms with Crippen LogP contribution in [0.3, 0.4) is 0 Å². The first-order valence-electron chi connectivity index (χ1n) is 10.1. The molecule has 1 N–H and O–H groups in total. The molecule has 1 amide bonds. The van der Waals surface area contributed by atoms with Crippen molar-refractivity contribution in [3.63, 3.8) is 0 Å². The molecule has 0 unspecified atom stereocenters. The molecule has 0 aliphatic carbocycles. The monoisotopic (exact) mass is 413 g/mol. The number of amides is 1. The maximum absolute atomic E-state index is 12.9. The van der Waals surface area contributed by atoms with E-state index in [-0.39, 0.29) is 30.5 Å². The number of hydrogen-bond donors (Lipinski definition) is 1. The summed E-state index contributed by atoms with van der Waals surface area (Å²) in [5.74, 6) is -1.34. The van der Waals surface area contributed by atoms with E-state index in [4.69, 9.17) is 4.74 Å². The molecule has 0 saturated heterocycles. The van der Waals surface area contributed by atoms with Gasteiger partial charge in [0.15, 0.2) is 12.4 Å². The summed E-state index contributed by atoms with van der Waals surface area (Å²) < 4.78 is 17.9. The Morgan fingerprint density at radius 3 is 2.00 bits per heavy atom. The number of ether oxygens (including phenoxy) is 1. The number of esters is 1. The second kappa shape index (κ2) is 10.7. The van der Waals surface area contributed by atoms with Gasteiger partial charge in [-0.2, -0.15) is 0 Å². The standard InChI is InChI=1S/C24H28FNO4/c1-15(2)19-6-5-7-20(16(3)4)24(19)26-22(28)14-30-23(29)13-12-21(27)17-8-10-18(25)11-9-17/h5-11,15-16H,12-14H2,1-4H3,(H,26,28). The van der Waals surface area contributed by atoms with Crippen LogP contribution in [0.1, 0.15) is 73.9 Å². The zero-order valence-electron chi connectivity index (χ0n) is 17.8. The fourth-order valence-electron chi connectivity index (χ4n) is 3.08. The molecule has 0 saturated carbocycles. The van der Waals surface area contributed by atoms with Crippen LogP contribution in [0.2, 0.25) is 0 Å². The largest absolute Gasteiger partial charge is 0.456 e. The summed E-state index contributed by atoms with van der Waals surface area (Å²) in [4.78, 5) is 36.3. The zero-order valence-corrected chi connectivity index (χ0v) is 17.8. The van der Waals surface area contributed by atoms with E-state index in [0.717, 1.165) is 16.8 Å². The predicted molar refractivity (Wildman–Crippen MR) is 114 cm³/mol. The first kappa shape index (κ1) is 23.3. The SMILES string of the molecule is CC(C)c1cccc(C(C)C)c1NC(=O)COC(=O)CCC(=O)c1ccc(F)cc1. The molecule has 2 aromatic rings. The molecule has 0 aromatic heterocycles. The normalized spacial score (nSPS) is 10.9. The number of para-hydroxylation sites is 1. The second-order valence-corrected chi connectivity index (χ2v) is 7.76. The van der Waals surface area contributed by atoms with Crippen molar-refractivity contribution in [2.75, 3.05) is 11.9 Å². The summed E-state index contributed by atoms with van der Waals surface area (Å²) in [6.45, 7) is 7.77. The van der Waals surface area contributed by atoms with Crippen LogP contribution >= 0.6 is 0 Å². The van der Waals surface area contributed by atoms with E-state index in [9.17, 15) is 18.8 Å². The van der Waals surface area contributed by atoms with E-state index in [2.05, 4.69) is 5.32 Å². The number of rotatable bonds is 9. The molecule has 0 spiro atoms. The summed E-state index contributed by atoms with van der Waals surface area (Å²) >= 11 is 0. The van der Waals surface area contributed by atoms with Gasteiger partial charge in [0.2, 0.25) is 0 Å². The van der Waals surface area contributed by atoms with Gasteiger partial charge in [-0.05, 0) is 47.2 Å². The molecule has 30 heavy (non-hydrogen) atoms. The highest BCUT2D eigenvalue weighted by atomic mass is 19.1. The van der Waals surface area contributed by atoms with Crippen LogP contribution in [-0.4, -0.2) is 24.3 Å². The van der Waals surface area contributed by atoms with Crippen molar-refractivity contribution < 1.29 is 23.5 Å². The summed E-state index contributed by atoms with van der Waals surface area (Å²) in [6, 6.07) is 11.0. The highest BCUT2D eigenvalue weighted by Gasteiger charge is 2.17. The lowest BCUT2D eigenvalue weighted by molar-refractivity contribution is -0.147. The molecular formula is C24H28FNO4. The van der Waals surface area contributed by atoms with Gasteiger partial charge in [0.25, 0.3) is 5.91 Å². The Kier molecular flexibility index (Phi) is 8.27. The van der Waals surface area contributed by atoms with Crippen LogP contribution in [-0.2, 0) is 14.3 Å². The number of carbonyl (C=O) groups excluding carboxylic acids is 3. The highest BCUT2D eigenvalue weighted by molar-refractivity contribution is 5.98. The van der Waals surface area contributed by atoms with E-state index in [0.29, 0.717) is 5.56 Å². The molecule has 0 fully saturated rings. The minimum Gasteiger partial charge on any atom is -0.456 e. The minimum absolute atomic E-state index is 0.0697. The lowest BCUT2D eigenvalue weighted by Gasteiger charge is -2.20. The Hall–Kier alpha value is -3.02. The van der Waals surface area contributed by atoms with Crippen LogP contribution in [0.5, 0.6) is 0 Å². The molecule has 0 aliphatic heterocycles. The molecule has 0 bridgehead atoms. The van der Waals surface area contributed by atoms with Gasteiger partial charge in [-0.3, -0.25) is 14.4 Å². The van der Waals surface area contributed by atoms with Gasteiger partial charge < -0.3 is 10.1 Å². The third-order valence-corrected chi connectivity index (χ3v) is 4.72. The van der Waals surface area contributed by atoms with Gasteiger partial charge in [-0.15, -0.1) is 0 Å². The fourth-order valence-corrected chi connectivity index (χ4v) is 3.08. The summed E-state index contributed by atoms with van der Waals surface area (Å²) in [6.07, 6.45) is -0.219. The van der Waals surface area contributed by atoms with Crippen LogP contribution in [0.4, 0.5) is 10.1 Å². The van der Waals surface area contributed by atoms with Gasteiger partial charge in [-0.1, -0.05) is 45.9 Å². The van der Waals surface area contributed by atoms with Crippen molar-refractivity contribution in [2.45, 2.75) is 52.4 Å². The zero-order chi connectivity index (χ0) is 22.3. The topological polar surface area (TPSA) is 72.5 Å².